The van der Waals surface area contributed by atoms with Crippen LogP contribution in [0, 0.1) is 6.92 Å². The highest BCUT2D eigenvalue weighted by Gasteiger charge is 2.11. The van der Waals surface area contributed by atoms with E-state index in [1.165, 1.54) is 0 Å². The van der Waals surface area contributed by atoms with Crippen LogP contribution in [-0.2, 0) is 9.37 Å². The highest BCUT2D eigenvalue weighted by molar-refractivity contribution is 7.94. The maximum atomic E-state index is 8.40. The summed E-state index contributed by atoms with van der Waals surface area (Å²) >= 11 is 12.4. The van der Waals surface area contributed by atoms with Crippen LogP contribution in [0.3, 0.4) is 0 Å². The third-order valence-corrected chi connectivity index (χ3v) is 3.98. The summed E-state index contributed by atoms with van der Waals surface area (Å²) in [6, 6.07) is 5.04. The Kier molecular flexibility index (Phi) is 6.56. The van der Waals surface area contributed by atoms with E-state index >= 15 is 0 Å². The summed E-state index contributed by atoms with van der Waals surface area (Å²) in [4.78, 5) is 24.1. The van der Waals surface area contributed by atoms with E-state index in [0.29, 0.717) is 22.1 Å². The number of aryl methyl sites for hydroxylation is 1. The molecule has 2 heterocycles. The Balaban J connectivity index is 1.91. The monoisotopic (exact) mass is 443 g/mol. The van der Waals surface area contributed by atoms with Crippen LogP contribution in [0.2, 0.25) is 10.6 Å². The van der Waals surface area contributed by atoms with Crippen molar-refractivity contribution in [3.63, 3.8) is 0 Å². The first-order chi connectivity index (χ1) is 13.4. The second kappa shape index (κ2) is 9.09. The van der Waals surface area contributed by atoms with Gasteiger partial charge in [0.2, 0.25) is 28.4 Å². The summed E-state index contributed by atoms with van der Waals surface area (Å²) in [7, 11) is 0. The third kappa shape index (κ3) is 5.48. The molecule has 3 rings (SSSR count). The molecular weight excluding hydrogens is 433 g/mol. The molecule has 0 aliphatic rings. The Hall–Kier alpha value is -2.55. The fourth-order valence-electron chi connectivity index (χ4n) is 2.01. The van der Waals surface area contributed by atoms with Gasteiger partial charge in [-0.3, -0.25) is 0 Å². The molecule has 0 aliphatic carbocycles. The van der Waals surface area contributed by atoms with Gasteiger partial charge in [-0.2, -0.15) is 24.9 Å². The maximum absolute atomic E-state index is 8.40. The maximum Gasteiger partial charge on any atom is 0.233 e. The number of hydrogen-bond donors (Lipinski definition) is 4. The van der Waals surface area contributed by atoms with E-state index in [4.69, 9.17) is 34.2 Å². The molecule has 0 unspecified atom stereocenters. The zero-order valence-corrected chi connectivity index (χ0v) is 16.2. The standard InChI is InChI=1S/C13H11Cl2N9O3S/c1-5-17-9(14)22-12(18-5)19-6-2-3-8(28-27-26-25)7(4-6)20-13-23-10(15)21-11(16)24-13/h2-4,25H,1H3,(H,17,18,19,22)(H3,16,20,21,23,24). The Morgan fingerprint density at radius 2 is 1.71 bits per heavy atom. The average molecular weight is 444 g/mol. The number of nitrogen functional groups attached to an aromatic ring is 1. The zero-order chi connectivity index (χ0) is 20.1. The van der Waals surface area contributed by atoms with Crippen LogP contribution in [0.5, 0.6) is 0 Å². The molecule has 0 fully saturated rings. The second-order valence-electron chi connectivity index (χ2n) is 4.95. The van der Waals surface area contributed by atoms with Crippen LogP contribution in [0.25, 0.3) is 0 Å². The van der Waals surface area contributed by atoms with Crippen molar-refractivity contribution in [1.82, 2.24) is 29.9 Å². The molecule has 2 aromatic heterocycles. The van der Waals surface area contributed by atoms with Gasteiger partial charge < -0.3 is 16.4 Å². The summed E-state index contributed by atoms with van der Waals surface area (Å²) in [5.41, 5.74) is 6.63. The number of hydrogen-bond acceptors (Lipinski definition) is 13. The van der Waals surface area contributed by atoms with Crippen molar-refractivity contribution < 1.29 is 14.6 Å². The van der Waals surface area contributed by atoms with E-state index < -0.39 is 0 Å². The minimum Gasteiger partial charge on any atom is -0.368 e. The molecule has 0 amide bonds. The normalized spacial score (nSPS) is 10.7. The van der Waals surface area contributed by atoms with Gasteiger partial charge >= 0.3 is 0 Å². The minimum absolute atomic E-state index is 0.0590. The van der Waals surface area contributed by atoms with Crippen molar-refractivity contribution in [3.8, 4) is 0 Å². The van der Waals surface area contributed by atoms with Crippen molar-refractivity contribution in [1.29, 1.82) is 0 Å². The summed E-state index contributed by atoms with van der Waals surface area (Å²) in [6.45, 7) is 1.69. The summed E-state index contributed by atoms with van der Waals surface area (Å²) in [5, 5.41) is 17.9. The van der Waals surface area contributed by atoms with Crippen molar-refractivity contribution in [2.75, 3.05) is 16.4 Å². The second-order valence-corrected chi connectivity index (χ2v) is 6.37. The van der Waals surface area contributed by atoms with E-state index in [1.54, 1.807) is 25.1 Å². The molecule has 3 aromatic rings. The number of benzene rings is 1. The van der Waals surface area contributed by atoms with Crippen molar-refractivity contribution >= 4 is 64.5 Å². The van der Waals surface area contributed by atoms with Gasteiger partial charge in [0.05, 0.1) is 22.6 Å². The molecular formula is C13H11Cl2N9O3S. The first kappa shape index (κ1) is 20.2. The number of nitrogens with zero attached hydrogens (tertiary/aromatic N) is 6. The summed E-state index contributed by atoms with van der Waals surface area (Å²) in [5.74, 6) is 0.750. The van der Waals surface area contributed by atoms with Crippen LogP contribution >= 0.6 is 35.2 Å². The van der Waals surface area contributed by atoms with Crippen LogP contribution in [0.4, 0.5) is 29.2 Å². The minimum atomic E-state index is -0.0799. The van der Waals surface area contributed by atoms with E-state index in [0.717, 1.165) is 12.0 Å². The highest BCUT2D eigenvalue weighted by Crippen LogP contribution is 2.33. The van der Waals surface area contributed by atoms with Gasteiger partial charge in [-0.15, -0.1) is 4.33 Å². The average Bonchev–Trinajstić information content (AvgIpc) is 2.59. The van der Waals surface area contributed by atoms with Gasteiger partial charge in [0.1, 0.15) is 5.82 Å². The Morgan fingerprint density at radius 3 is 2.39 bits per heavy atom. The summed E-state index contributed by atoms with van der Waals surface area (Å²) in [6.07, 6.45) is 0. The first-order valence-electron chi connectivity index (χ1n) is 7.31. The van der Waals surface area contributed by atoms with E-state index in [-0.39, 0.29) is 28.4 Å². The molecule has 0 spiro atoms. The van der Waals surface area contributed by atoms with Crippen LogP contribution < -0.4 is 16.4 Å². The van der Waals surface area contributed by atoms with Crippen LogP contribution in [-0.4, -0.2) is 35.2 Å². The highest BCUT2D eigenvalue weighted by atomic mass is 35.5. The molecule has 5 N–H and O–H groups in total. The summed E-state index contributed by atoms with van der Waals surface area (Å²) < 4.78 is 4.49. The lowest BCUT2D eigenvalue weighted by Crippen LogP contribution is -2.05. The Labute approximate surface area is 171 Å². The first-order valence-corrected chi connectivity index (χ1v) is 8.81. The quantitative estimate of drug-likeness (QED) is 0.239. The van der Waals surface area contributed by atoms with Crippen molar-refractivity contribution in [3.05, 3.63) is 34.6 Å². The Morgan fingerprint density at radius 1 is 1.00 bits per heavy atom. The molecule has 0 bridgehead atoms. The number of rotatable bonds is 7. The number of nitrogens with one attached hydrogen (secondary N) is 2. The number of nitrogens with two attached hydrogens (primary N) is 1. The van der Waals surface area contributed by atoms with Crippen LogP contribution in [0.15, 0.2) is 23.1 Å². The van der Waals surface area contributed by atoms with E-state index in [1.807, 2.05) is 0 Å². The SMILES string of the molecule is Cc1nc(Cl)nc(Nc2ccc(SOOO)c(Nc3nc(N)nc(Cl)n3)c2)n1. The third-order valence-electron chi connectivity index (χ3n) is 2.98. The topological polar surface area (TPSA) is 166 Å². The smallest absolute Gasteiger partial charge is 0.233 e. The molecule has 0 aliphatic heterocycles. The van der Waals surface area contributed by atoms with Crippen molar-refractivity contribution in [2.45, 2.75) is 11.8 Å². The molecule has 1 aromatic carbocycles. The van der Waals surface area contributed by atoms with Crippen LogP contribution in [0.1, 0.15) is 5.82 Å². The fourth-order valence-corrected chi connectivity index (χ4v) is 2.80. The lowest BCUT2D eigenvalue weighted by atomic mass is 10.2. The predicted molar refractivity (Wildman–Crippen MR) is 102 cm³/mol. The van der Waals surface area contributed by atoms with Gasteiger partial charge in [-0.25, -0.2) is 10.2 Å². The molecule has 146 valence electrons. The van der Waals surface area contributed by atoms with E-state index in [2.05, 4.69) is 49.9 Å². The molecule has 0 radical (unpaired) electrons. The molecule has 0 atom stereocenters. The Bertz CT molecular complexity index is 957. The predicted octanol–water partition coefficient (Wildman–Crippen LogP) is 3.17. The van der Waals surface area contributed by atoms with E-state index in [9.17, 15) is 0 Å². The van der Waals surface area contributed by atoms with Gasteiger partial charge in [-0.05, 0) is 48.3 Å². The number of anilines is 5. The fraction of sp³-hybridized carbons (Fsp3) is 0.0769. The number of aromatic nitrogens is 6. The lowest BCUT2D eigenvalue weighted by Gasteiger charge is -2.12. The largest absolute Gasteiger partial charge is 0.368 e. The molecule has 12 nitrogen and oxygen atoms in total. The van der Waals surface area contributed by atoms with Gasteiger partial charge in [-0.1, -0.05) is 5.04 Å². The molecule has 15 heteroatoms. The molecule has 0 saturated carbocycles. The number of halogens is 2. The molecule has 28 heavy (non-hydrogen) atoms. The van der Waals surface area contributed by atoms with Gasteiger partial charge in [0, 0.05) is 5.69 Å². The lowest BCUT2D eigenvalue weighted by molar-refractivity contribution is -0.432. The van der Waals surface area contributed by atoms with Crippen molar-refractivity contribution in [2.24, 2.45) is 0 Å². The van der Waals surface area contributed by atoms with Gasteiger partial charge in [0.15, 0.2) is 0 Å². The zero-order valence-electron chi connectivity index (χ0n) is 13.9. The molecule has 0 saturated heterocycles. The van der Waals surface area contributed by atoms with Gasteiger partial charge in [0.25, 0.3) is 0 Å².